The summed E-state index contributed by atoms with van der Waals surface area (Å²) in [6.07, 6.45) is 3.65. The van der Waals surface area contributed by atoms with Gasteiger partial charge in [0.2, 0.25) is 5.89 Å². The molecule has 0 spiro atoms. The second-order valence-corrected chi connectivity index (χ2v) is 8.39. The van der Waals surface area contributed by atoms with Crippen molar-refractivity contribution in [2.75, 3.05) is 0 Å². The van der Waals surface area contributed by atoms with Crippen molar-refractivity contribution in [2.45, 2.75) is 31.3 Å². The molecule has 3 aromatic heterocycles. The molecule has 5 nitrogen and oxygen atoms in total. The molecule has 0 bridgehead atoms. The van der Waals surface area contributed by atoms with Crippen LogP contribution in [-0.4, -0.2) is 19.5 Å². The molecule has 0 fully saturated rings. The predicted molar refractivity (Wildman–Crippen MR) is 124 cm³/mol. The van der Waals surface area contributed by atoms with Crippen molar-refractivity contribution in [2.24, 2.45) is 0 Å². The number of imidazole rings is 1. The Morgan fingerprint density at radius 1 is 0.935 bits per heavy atom. The van der Waals surface area contributed by atoms with Gasteiger partial charge >= 0.3 is 0 Å². The molecule has 0 aliphatic carbocycles. The van der Waals surface area contributed by atoms with Crippen LogP contribution in [0.25, 0.3) is 22.5 Å². The number of thioether (sulfide) groups is 1. The first kappa shape index (κ1) is 19.6. The minimum atomic E-state index is 0.584. The lowest BCUT2D eigenvalue weighted by molar-refractivity contribution is 0.537. The van der Waals surface area contributed by atoms with Crippen LogP contribution in [-0.2, 0) is 12.3 Å². The number of hydrogen-bond acceptors (Lipinski definition) is 5. The van der Waals surface area contributed by atoms with E-state index in [1.807, 2.05) is 49.5 Å². The molecular formula is C25H22N4OS. The van der Waals surface area contributed by atoms with Gasteiger partial charge in [0.15, 0.2) is 5.16 Å². The van der Waals surface area contributed by atoms with Gasteiger partial charge in [-0.25, -0.2) is 9.97 Å². The molecule has 0 aliphatic heterocycles. The Labute approximate surface area is 185 Å². The average Bonchev–Trinajstić information content (AvgIpc) is 3.34. The van der Waals surface area contributed by atoms with Crippen LogP contribution < -0.4 is 0 Å². The topological polar surface area (TPSA) is 56.7 Å². The van der Waals surface area contributed by atoms with Crippen LogP contribution in [0.1, 0.15) is 22.6 Å². The van der Waals surface area contributed by atoms with E-state index < -0.39 is 0 Å². The van der Waals surface area contributed by atoms with Crippen molar-refractivity contribution in [3.63, 3.8) is 0 Å². The average molecular weight is 427 g/mol. The molecule has 0 saturated carbocycles. The molecule has 154 valence electrons. The van der Waals surface area contributed by atoms with E-state index in [0.717, 1.165) is 39.0 Å². The Bertz CT molecular complexity index is 1340. The molecule has 5 rings (SSSR count). The number of nitrogens with zero attached hydrogens (tertiary/aromatic N) is 4. The smallest absolute Gasteiger partial charge is 0.226 e. The number of pyridine rings is 1. The molecule has 0 unspecified atom stereocenters. The lowest BCUT2D eigenvalue weighted by atomic mass is 10.1. The lowest BCUT2D eigenvalue weighted by Crippen LogP contribution is -2.03. The van der Waals surface area contributed by atoms with Gasteiger partial charge in [-0.3, -0.25) is 4.98 Å². The molecule has 0 radical (unpaired) electrons. The highest BCUT2D eigenvalue weighted by molar-refractivity contribution is 7.98. The van der Waals surface area contributed by atoms with Crippen LogP contribution in [0.15, 0.2) is 82.6 Å². The number of rotatable bonds is 6. The Kier molecular flexibility index (Phi) is 5.30. The zero-order valence-corrected chi connectivity index (χ0v) is 18.3. The van der Waals surface area contributed by atoms with Gasteiger partial charge in [-0.15, -0.1) is 0 Å². The van der Waals surface area contributed by atoms with E-state index in [2.05, 4.69) is 40.7 Å². The van der Waals surface area contributed by atoms with E-state index in [1.54, 1.807) is 18.0 Å². The van der Waals surface area contributed by atoms with Crippen molar-refractivity contribution >= 4 is 22.8 Å². The first-order valence-corrected chi connectivity index (χ1v) is 11.2. The van der Waals surface area contributed by atoms with Gasteiger partial charge in [0.25, 0.3) is 0 Å². The SMILES string of the molecule is Cc1ccccc1CSc1nc2ccncc2n1Cc1nc(-c2ccccc2)oc1C. The summed E-state index contributed by atoms with van der Waals surface area (Å²) in [5.74, 6) is 2.32. The molecule has 0 aliphatic rings. The van der Waals surface area contributed by atoms with Gasteiger partial charge in [0.1, 0.15) is 11.5 Å². The predicted octanol–water partition coefficient (Wildman–Crippen LogP) is 6.04. The summed E-state index contributed by atoms with van der Waals surface area (Å²) in [7, 11) is 0. The standard InChI is InChI=1S/C25H22N4OS/c1-17-8-6-7-11-20(17)16-31-25-28-21-12-13-26-14-23(21)29(25)15-22-18(2)30-24(27-22)19-9-4-3-5-10-19/h3-14H,15-16H2,1-2H3. The third-order valence-electron chi connectivity index (χ3n) is 5.35. The lowest BCUT2D eigenvalue weighted by Gasteiger charge is -2.09. The number of fused-ring (bicyclic) bond motifs is 1. The molecule has 0 saturated heterocycles. The maximum atomic E-state index is 5.98. The van der Waals surface area contributed by atoms with Gasteiger partial charge < -0.3 is 8.98 Å². The van der Waals surface area contributed by atoms with Gasteiger partial charge in [-0.1, -0.05) is 54.2 Å². The fourth-order valence-corrected chi connectivity index (χ4v) is 4.64. The van der Waals surface area contributed by atoms with Crippen LogP contribution >= 0.6 is 11.8 Å². The molecule has 3 heterocycles. The summed E-state index contributed by atoms with van der Waals surface area (Å²) in [4.78, 5) is 14.0. The Balaban J connectivity index is 1.49. The fraction of sp³-hybridized carbons (Fsp3) is 0.160. The fourth-order valence-electron chi connectivity index (χ4n) is 3.55. The summed E-state index contributed by atoms with van der Waals surface area (Å²) in [6.45, 7) is 4.69. The second kappa shape index (κ2) is 8.40. The zero-order valence-electron chi connectivity index (χ0n) is 17.4. The van der Waals surface area contributed by atoms with Gasteiger partial charge in [0, 0.05) is 17.5 Å². The number of aromatic nitrogens is 4. The first-order valence-electron chi connectivity index (χ1n) is 10.2. The van der Waals surface area contributed by atoms with Crippen molar-refractivity contribution in [3.05, 3.63) is 95.6 Å². The first-order chi connectivity index (χ1) is 15.2. The Hall–Kier alpha value is -3.38. The highest BCUT2D eigenvalue weighted by atomic mass is 32.2. The monoisotopic (exact) mass is 426 g/mol. The zero-order chi connectivity index (χ0) is 21.2. The quantitative estimate of drug-likeness (QED) is 0.310. The van der Waals surface area contributed by atoms with Crippen LogP contribution in [0, 0.1) is 13.8 Å². The largest absolute Gasteiger partial charge is 0.441 e. The summed E-state index contributed by atoms with van der Waals surface area (Å²) < 4.78 is 8.16. The van der Waals surface area contributed by atoms with Crippen LogP contribution in [0.3, 0.4) is 0 Å². The Morgan fingerprint density at radius 3 is 2.58 bits per heavy atom. The third kappa shape index (κ3) is 3.99. The van der Waals surface area contributed by atoms with Gasteiger partial charge in [-0.2, -0.15) is 0 Å². The van der Waals surface area contributed by atoms with E-state index in [-0.39, 0.29) is 0 Å². The number of benzene rings is 2. The number of aryl methyl sites for hydroxylation is 2. The van der Waals surface area contributed by atoms with E-state index in [4.69, 9.17) is 14.4 Å². The maximum Gasteiger partial charge on any atom is 0.226 e. The number of hydrogen-bond donors (Lipinski definition) is 0. The molecular weight excluding hydrogens is 404 g/mol. The molecule has 0 atom stereocenters. The van der Waals surface area contributed by atoms with E-state index in [0.29, 0.717) is 12.4 Å². The Morgan fingerprint density at radius 2 is 1.74 bits per heavy atom. The third-order valence-corrected chi connectivity index (χ3v) is 6.38. The number of oxazole rings is 1. The van der Waals surface area contributed by atoms with Crippen molar-refractivity contribution in [1.82, 2.24) is 19.5 Å². The van der Waals surface area contributed by atoms with E-state index in [1.165, 1.54) is 11.1 Å². The highest BCUT2D eigenvalue weighted by Gasteiger charge is 2.17. The molecule has 31 heavy (non-hydrogen) atoms. The summed E-state index contributed by atoms with van der Waals surface area (Å²) in [6, 6.07) is 20.4. The van der Waals surface area contributed by atoms with Gasteiger partial charge in [-0.05, 0) is 43.2 Å². The van der Waals surface area contributed by atoms with Crippen LogP contribution in [0.2, 0.25) is 0 Å². The van der Waals surface area contributed by atoms with Crippen molar-refractivity contribution < 1.29 is 4.42 Å². The van der Waals surface area contributed by atoms with Crippen molar-refractivity contribution in [3.8, 4) is 11.5 Å². The molecule has 6 heteroatoms. The summed E-state index contributed by atoms with van der Waals surface area (Å²) >= 11 is 1.73. The molecule has 0 amide bonds. The summed E-state index contributed by atoms with van der Waals surface area (Å²) in [5, 5.41) is 0.954. The minimum Gasteiger partial charge on any atom is -0.441 e. The molecule has 0 N–H and O–H groups in total. The summed E-state index contributed by atoms with van der Waals surface area (Å²) in [5.41, 5.74) is 6.42. The van der Waals surface area contributed by atoms with E-state index >= 15 is 0 Å². The van der Waals surface area contributed by atoms with Crippen LogP contribution in [0.5, 0.6) is 0 Å². The minimum absolute atomic E-state index is 0.584. The van der Waals surface area contributed by atoms with E-state index in [9.17, 15) is 0 Å². The molecule has 2 aromatic carbocycles. The highest BCUT2D eigenvalue weighted by Crippen LogP contribution is 2.29. The van der Waals surface area contributed by atoms with Crippen molar-refractivity contribution in [1.29, 1.82) is 0 Å². The van der Waals surface area contributed by atoms with Gasteiger partial charge in [0.05, 0.1) is 23.8 Å². The second-order valence-electron chi connectivity index (χ2n) is 7.45. The normalized spacial score (nSPS) is 11.3. The van der Waals surface area contributed by atoms with Crippen LogP contribution in [0.4, 0.5) is 0 Å². The molecule has 5 aromatic rings. The maximum absolute atomic E-state index is 5.98.